The fraction of sp³-hybridized carbons (Fsp3) is 0.462. The van der Waals surface area contributed by atoms with Gasteiger partial charge in [0.25, 0.3) is 0 Å². The van der Waals surface area contributed by atoms with Crippen LogP contribution in [0, 0.1) is 0 Å². The highest BCUT2D eigenvalue weighted by molar-refractivity contribution is 5.48. The molecular weight excluding hydrogens is 218 g/mol. The van der Waals surface area contributed by atoms with Crippen LogP contribution in [0.25, 0.3) is 0 Å². The van der Waals surface area contributed by atoms with Gasteiger partial charge in [-0.3, -0.25) is 0 Å². The van der Waals surface area contributed by atoms with Crippen molar-refractivity contribution in [3.05, 3.63) is 29.3 Å². The molecule has 1 saturated carbocycles. The second-order valence-electron chi connectivity index (χ2n) is 4.33. The number of para-hydroxylation sites is 1. The molecule has 0 aliphatic heterocycles. The Kier molecular flexibility index (Phi) is 3.27. The molecule has 1 aromatic rings. The van der Waals surface area contributed by atoms with Gasteiger partial charge >= 0.3 is 0 Å². The molecule has 2 rings (SSSR count). The maximum atomic E-state index is 10.5. The lowest BCUT2D eigenvalue weighted by atomic mass is 9.71. The van der Waals surface area contributed by atoms with Gasteiger partial charge in [-0.05, 0) is 19.3 Å². The summed E-state index contributed by atoms with van der Waals surface area (Å²) in [4.78, 5) is 14.4. The fourth-order valence-electron chi connectivity index (χ4n) is 2.28. The standard InChI is InChI=1S/C13H15NO3/c1-17-8-10-4-2-5-11(12(10)16)13(14-9-15)6-3-7-13/h2,4-5,16H,3,6-8H2,1H3. The van der Waals surface area contributed by atoms with E-state index in [9.17, 15) is 9.90 Å². The van der Waals surface area contributed by atoms with E-state index in [0.717, 1.165) is 24.8 Å². The zero-order chi connectivity index (χ0) is 12.3. The monoisotopic (exact) mass is 233 g/mol. The minimum atomic E-state index is -0.560. The Bertz CT molecular complexity index is 460. The third-order valence-corrected chi connectivity index (χ3v) is 3.36. The SMILES string of the molecule is COCc1cccc(C2(N=C=O)CCC2)c1O. The molecule has 1 aliphatic carbocycles. The number of carbonyl (C=O) groups excluding carboxylic acids is 1. The number of hydrogen-bond donors (Lipinski definition) is 1. The Hall–Kier alpha value is -1.64. The van der Waals surface area contributed by atoms with Crippen LogP contribution in [0.2, 0.25) is 0 Å². The van der Waals surface area contributed by atoms with E-state index in [2.05, 4.69) is 4.99 Å². The quantitative estimate of drug-likeness (QED) is 0.641. The Labute approximate surface area is 99.9 Å². The molecule has 0 amide bonds. The van der Waals surface area contributed by atoms with Crippen molar-refractivity contribution < 1.29 is 14.6 Å². The van der Waals surface area contributed by atoms with Crippen molar-refractivity contribution in [1.29, 1.82) is 0 Å². The van der Waals surface area contributed by atoms with E-state index in [1.807, 2.05) is 12.1 Å². The van der Waals surface area contributed by atoms with Crippen LogP contribution in [-0.2, 0) is 21.7 Å². The highest BCUT2D eigenvalue weighted by Crippen LogP contribution is 2.48. The van der Waals surface area contributed by atoms with E-state index < -0.39 is 5.54 Å². The number of aliphatic imine (C=N–C) groups is 1. The third-order valence-electron chi connectivity index (χ3n) is 3.36. The lowest BCUT2D eigenvalue weighted by Gasteiger charge is -2.37. The number of methoxy groups -OCH3 is 1. The molecule has 0 radical (unpaired) electrons. The number of aromatic hydroxyl groups is 1. The van der Waals surface area contributed by atoms with E-state index in [-0.39, 0.29) is 5.75 Å². The lowest BCUT2D eigenvalue weighted by Crippen LogP contribution is -2.32. The highest BCUT2D eigenvalue weighted by Gasteiger charge is 2.41. The predicted molar refractivity (Wildman–Crippen MR) is 62.5 cm³/mol. The van der Waals surface area contributed by atoms with Crippen molar-refractivity contribution in [3.8, 4) is 5.75 Å². The topological polar surface area (TPSA) is 58.9 Å². The number of phenols is 1. The Morgan fingerprint density at radius 1 is 1.53 bits per heavy atom. The molecule has 17 heavy (non-hydrogen) atoms. The molecule has 0 atom stereocenters. The molecule has 90 valence electrons. The van der Waals surface area contributed by atoms with Gasteiger partial charge in [0.05, 0.1) is 6.61 Å². The Morgan fingerprint density at radius 2 is 2.29 bits per heavy atom. The summed E-state index contributed by atoms with van der Waals surface area (Å²) in [6.07, 6.45) is 4.20. The number of rotatable bonds is 4. The predicted octanol–water partition coefficient (Wildman–Crippen LogP) is 2.25. The second kappa shape index (κ2) is 4.70. The van der Waals surface area contributed by atoms with Crippen LogP contribution < -0.4 is 0 Å². The van der Waals surface area contributed by atoms with Crippen LogP contribution >= 0.6 is 0 Å². The van der Waals surface area contributed by atoms with Gasteiger partial charge in [-0.1, -0.05) is 18.2 Å². The molecule has 0 aromatic heterocycles. The first-order valence-electron chi connectivity index (χ1n) is 5.63. The van der Waals surface area contributed by atoms with Crippen molar-refractivity contribution in [2.24, 2.45) is 4.99 Å². The largest absolute Gasteiger partial charge is 0.507 e. The summed E-state index contributed by atoms with van der Waals surface area (Å²) >= 11 is 0. The van der Waals surface area contributed by atoms with Crippen molar-refractivity contribution in [2.45, 2.75) is 31.4 Å². The minimum absolute atomic E-state index is 0.188. The molecule has 1 aliphatic rings. The zero-order valence-electron chi connectivity index (χ0n) is 9.77. The van der Waals surface area contributed by atoms with E-state index in [1.165, 1.54) is 0 Å². The molecule has 0 spiro atoms. The van der Waals surface area contributed by atoms with Gasteiger partial charge in [0.1, 0.15) is 11.3 Å². The molecule has 1 fully saturated rings. The number of hydrogen-bond acceptors (Lipinski definition) is 4. The van der Waals surface area contributed by atoms with Crippen molar-refractivity contribution >= 4 is 6.08 Å². The summed E-state index contributed by atoms with van der Waals surface area (Å²) < 4.78 is 5.02. The van der Waals surface area contributed by atoms with Crippen LogP contribution in [-0.4, -0.2) is 18.3 Å². The minimum Gasteiger partial charge on any atom is -0.507 e. The average Bonchev–Trinajstić information content (AvgIpc) is 2.27. The number of nitrogens with zero attached hydrogens (tertiary/aromatic N) is 1. The van der Waals surface area contributed by atoms with E-state index in [1.54, 1.807) is 19.3 Å². The van der Waals surface area contributed by atoms with Gasteiger partial charge in [0, 0.05) is 18.2 Å². The Balaban J connectivity index is 2.44. The van der Waals surface area contributed by atoms with Crippen LogP contribution in [0.4, 0.5) is 0 Å². The van der Waals surface area contributed by atoms with Gasteiger partial charge in [-0.15, -0.1) is 0 Å². The van der Waals surface area contributed by atoms with Crippen LogP contribution in [0.5, 0.6) is 5.75 Å². The Morgan fingerprint density at radius 3 is 2.82 bits per heavy atom. The molecule has 0 bridgehead atoms. The van der Waals surface area contributed by atoms with Gasteiger partial charge in [-0.2, -0.15) is 4.99 Å². The van der Waals surface area contributed by atoms with Gasteiger partial charge < -0.3 is 9.84 Å². The first-order chi connectivity index (χ1) is 8.23. The highest BCUT2D eigenvalue weighted by atomic mass is 16.5. The van der Waals surface area contributed by atoms with E-state index >= 15 is 0 Å². The maximum Gasteiger partial charge on any atom is 0.235 e. The summed E-state index contributed by atoms with van der Waals surface area (Å²) in [5, 5.41) is 10.2. The zero-order valence-corrected chi connectivity index (χ0v) is 9.77. The maximum absolute atomic E-state index is 10.5. The van der Waals surface area contributed by atoms with Crippen molar-refractivity contribution in [2.75, 3.05) is 7.11 Å². The molecule has 1 N–H and O–H groups in total. The van der Waals surface area contributed by atoms with Crippen LogP contribution in [0.15, 0.2) is 23.2 Å². The molecule has 4 nitrogen and oxygen atoms in total. The normalized spacial score (nSPS) is 17.0. The molecule has 0 unspecified atom stereocenters. The second-order valence-corrected chi connectivity index (χ2v) is 4.33. The third kappa shape index (κ3) is 1.97. The summed E-state index contributed by atoms with van der Waals surface area (Å²) in [5.74, 6) is 0.188. The van der Waals surface area contributed by atoms with E-state index in [4.69, 9.17) is 4.74 Å². The first kappa shape index (κ1) is 11.8. The summed E-state index contributed by atoms with van der Waals surface area (Å²) in [5.41, 5.74) is 0.870. The van der Waals surface area contributed by atoms with Gasteiger partial charge in [0.2, 0.25) is 6.08 Å². The summed E-state index contributed by atoms with van der Waals surface area (Å²) in [6.45, 7) is 0.348. The summed E-state index contributed by atoms with van der Waals surface area (Å²) in [6, 6.07) is 5.47. The number of ether oxygens (including phenoxy) is 1. The average molecular weight is 233 g/mol. The number of isocyanates is 1. The van der Waals surface area contributed by atoms with Gasteiger partial charge in [0.15, 0.2) is 0 Å². The molecular formula is C13H15NO3. The van der Waals surface area contributed by atoms with Crippen molar-refractivity contribution in [1.82, 2.24) is 0 Å². The number of phenolic OH excluding ortho intramolecular Hbond substituents is 1. The first-order valence-corrected chi connectivity index (χ1v) is 5.63. The van der Waals surface area contributed by atoms with E-state index in [0.29, 0.717) is 12.2 Å². The lowest BCUT2D eigenvalue weighted by molar-refractivity contribution is 0.180. The molecule has 4 heteroatoms. The van der Waals surface area contributed by atoms with Gasteiger partial charge in [-0.25, -0.2) is 4.79 Å². The van der Waals surface area contributed by atoms with Crippen molar-refractivity contribution in [3.63, 3.8) is 0 Å². The number of benzene rings is 1. The molecule has 0 saturated heterocycles. The smallest absolute Gasteiger partial charge is 0.235 e. The fourth-order valence-corrected chi connectivity index (χ4v) is 2.28. The molecule has 1 aromatic carbocycles. The van der Waals surface area contributed by atoms with Crippen LogP contribution in [0.3, 0.4) is 0 Å². The summed E-state index contributed by atoms with van der Waals surface area (Å²) in [7, 11) is 1.58. The van der Waals surface area contributed by atoms with Crippen LogP contribution in [0.1, 0.15) is 30.4 Å². The molecule has 0 heterocycles.